The Kier molecular flexibility index (Phi) is 4.87. The predicted molar refractivity (Wildman–Crippen MR) is 84.7 cm³/mol. The molecule has 1 N–H and O–H groups in total. The van der Waals surface area contributed by atoms with Crippen LogP contribution in [0.25, 0.3) is 0 Å². The molecule has 20 heavy (non-hydrogen) atoms. The second-order valence-electron chi connectivity index (χ2n) is 6.62. The molecule has 0 saturated carbocycles. The molecule has 0 spiro atoms. The molecule has 0 aliphatic carbocycles. The number of benzene rings is 1. The molecule has 0 radical (unpaired) electrons. The molecule has 1 atom stereocenters. The fourth-order valence-corrected chi connectivity index (χ4v) is 3.47. The molecule has 1 aromatic carbocycles. The van der Waals surface area contributed by atoms with Crippen LogP contribution in [0.3, 0.4) is 0 Å². The van der Waals surface area contributed by atoms with Crippen molar-refractivity contribution >= 4 is 0 Å². The minimum Gasteiger partial charge on any atom is -0.384 e. The lowest BCUT2D eigenvalue weighted by Crippen LogP contribution is -2.45. The van der Waals surface area contributed by atoms with E-state index in [-0.39, 0.29) is 0 Å². The number of hydrogen-bond donors (Lipinski definition) is 1. The van der Waals surface area contributed by atoms with Crippen molar-refractivity contribution in [3.63, 3.8) is 0 Å². The minimum absolute atomic E-state index is 0.551. The lowest BCUT2D eigenvalue weighted by molar-refractivity contribution is -0.00732. The maximum absolute atomic E-state index is 10.7. The molecule has 0 aromatic heterocycles. The van der Waals surface area contributed by atoms with Gasteiger partial charge in [0.15, 0.2) is 0 Å². The van der Waals surface area contributed by atoms with E-state index in [0.29, 0.717) is 5.41 Å². The standard InChI is InChI=1S/C18H29NO/c1-4-18(5-2)11-13-19(14-12-18)15-17(3,20)16-9-7-6-8-10-16/h6-10,20H,4-5,11-15H2,1-3H3. The molecule has 1 aliphatic heterocycles. The summed E-state index contributed by atoms with van der Waals surface area (Å²) in [6.45, 7) is 9.54. The third-order valence-electron chi connectivity index (χ3n) is 5.34. The summed E-state index contributed by atoms with van der Waals surface area (Å²) < 4.78 is 0. The highest BCUT2D eigenvalue weighted by molar-refractivity contribution is 5.21. The smallest absolute Gasteiger partial charge is 0.0994 e. The maximum atomic E-state index is 10.7. The fourth-order valence-electron chi connectivity index (χ4n) is 3.47. The Morgan fingerprint density at radius 1 is 1.10 bits per heavy atom. The summed E-state index contributed by atoms with van der Waals surface area (Å²) in [5.74, 6) is 0. The van der Waals surface area contributed by atoms with Gasteiger partial charge in [-0.3, -0.25) is 0 Å². The first kappa shape index (κ1) is 15.5. The van der Waals surface area contributed by atoms with Crippen LogP contribution < -0.4 is 0 Å². The van der Waals surface area contributed by atoms with Gasteiger partial charge in [-0.25, -0.2) is 0 Å². The molecule has 112 valence electrons. The van der Waals surface area contributed by atoms with Gasteiger partial charge in [0.05, 0.1) is 5.60 Å². The van der Waals surface area contributed by atoms with Crippen LogP contribution in [0.15, 0.2) is 30.3 Å². The molecule has 1 heterocycles. The number of hydrogen-bond acceptors (Lipinski definition) is 2. The lowest BCUT2D eigenvalue weighted by atomic mass is 9.74. The quantitative estimate of drug-likeness (QED) is 0.883. The average Bonchev–Trinajstić information content (AvgIpc) is 2.49. The van der Waals surface area contributed by atoms with Gasteiger partial charge < -0.3 is 10.0 Å². The molecule has 2 nitrogen and oxygen atoms in total. The molecule has 1 aromatic rings. The minimum atomic E-state index is -0.750. The van der Waals surface area contributed by atoms with E-state index in [1.54, 1.807) is 0 Å². The second-order valence-corrected chi connectivity index (χ2v) is 6.62. The normalized spacial score (nSPS) is 22.4. The van der Waals surface area contributed by atoms with Crippen molar-refractivity contribution in [2.45, 2.75) is 52.1 Å². The van der Waals surface area contributed by atoms with Crippen LogP contribution in [-0.4, -0.2) is 29.6 Å². The van der Waals surface area contributed by atoms with Crippen LogP contribution in [0.5, 0.6) is 0 Å². The Morgan fingerprint density at radius 3 is 2.15 bits per heavy atom. The van der Waals surface area contributed by atoms with Gasteiger partial charge >= 0.3 is 0 Å². The van der Waals surface area contributed by atoms with E-state index in [9.17, 15) is 5.11 Å². The van der Waals surface area contributed by atoms with Gasteiger partial charge in [-0.05, 0) is 43.8 Å². The van der Waals surface area contributed by atoms with E-state index in [1.165, 1.54) is 25.7 Å². The molecule has 1 unspecified atom stereocenters. The third-order valence-corrected chi connectivity index (χ3v) is 5.34. The van der Waals surface area contributed by atoms with Crippen LogP contribution in [0.4, 0.5) is 0 Å². The van der Waals surface area contributed by atoms with Crippen molar-refractivity contribution in [2.24, 2.45) is 5.41 Å². The Morgan fingerprint density at radius 2 is 1.65 bits per heavy atom. The Balaban J connectivity index is 1.95. The molecule has 0 bridgehead atoms. The molecule has 2 rings (SSSR count). The first-order valence-corrected chi connectivity index (χ1v) is 8.01. The predicted octanol–water partition coefficient (Wildman–Crippen LogP) is 3.80. The van der Waals surface area contributed by atoms with E-state index in [1.807, 2.05) is 37.3 Å². The number of piperidine rings is 1. The number of likely N-dealkylation sites (tertiary alicyclic amines) is 1. The summed E-state index contributed by atoms with van der Waals surface area (Å²) in [7, 11) is 0. The summed E-state index contributed by atoms with van der Waals surface area (Å²) in [5.41, 5.74) is 0.817. The Bertz CT molecular complexity index is 399. The van der Waals surface area contributed by atoms with Gasteiger partial charge in [0.25, 0.3) is 0 Å². The highest BCUT2D eigenvalue weighted by atomic mass is 16.3. The van der Waals surface area contributed by atoms with Crippen molar-refractivity contribution in [3.05, 3.63) is 35.9 Å². The summed E-state index contributed by atoms with van der Waals surface area (Å²) in [4.78, 5) is 2.43. The molecule has 0 amide bonds. The first-order chi connectivity index (χ1) is 9.51. The van der Waals surface area contributed by atoms with Crippen LogP contribution in [0, 0.1) is 5.41 Å². The van der Waals surface area contributed by atoms with Gasteiger partial charge in [0.2, 0.25) is 0 Å². The Hall–Kier alpha value is -0.860. The lowest BCUT2D eigenvalue weighted by Gasteiger charge is -2.43. The summed E-state index contributed by atoms with van der Waals surface area (Å²) in [5, 5.41) is 10.7. The van der Waals surface area contributed by atoms with E-state index in [0.717, 1.165) is 25.2 Å². The van der Waals surface area contributed by atoms with Gasteiger partial charge in [-0.15, -0.1) is 0 Å². The number of rotatable bonds is 5. The van der Waals surface area contributed by atoms with Crippen molar-refractivity contribution in [2.75, 3.05) is 19.6 Å². The zero-order chi connectivity index (χ0) is 14.6. The number of β-amino-alcohol motifs (C(OH)–C–C–N with tert-alkyl or cyclic N) is 1. The van der Waals surface area contributed by atoms with Crippen molar-refractivity contribution in [3.8, 4) is 0 Å². The van der Waals surface area contributed by atoms with E-state index >= 15 is 0 Å². The average molecular weight is 275 g/mol. The van der Waals surface area contributed by atoms with E-state index < -0.39 is 5.60 Å². The molecular weight excluding hydrogens is 246 g/mol. The van der Waals surface area contributed by atoms with Crippen LogP contribution >= 0.6 is 0 Å². The van der Waals surface area contributed by atoms with Crippen LogP contribution in [0.1, 0.15) is 52.0 Å². The van der Waals surface area contributed by atoms with E-state index in [2.05, 4.69) is 18.7 Å². The van der Waals surface area contributed by atoms with E-state index in [4.69, 9.17) is 0 Å². The van der Waals surface area contributed by atoms with Gasteiger partial charge in [-0.2, -0.15) is 0 Å². The molecule has 1 fully saturated rings. The zero-order valence-corrected chi connectivity index (χ0v) is 13.2. The molecule has 1 saturated heterocycles. The number of nitrogens with zero attached hydrogens (tertiary/aromatic N) is 1. The second kappa shape index (κ2) is 6.28. The third kappa shape index (κ3) is 3.42. The zero-order valence-electron chi connectivity index (χ0n) is 13.2. The summed E-state index contributed by atoms with van der Waals surface area (Å²) >= 11 is 0. The number of aliphatic hydroxyl groups is 1. The summed E-state index contributed by atoms with van der Waals surface area (Å²) in [6.07, 6.45) is 5.11. The molecule has 1 aliphatic rings. The van der Waals surface area contributed by atoms with Crippen LogP contribution in [0.2, 0.25) is 0 Å². The van der Waals surface area contributed by atoms with Gasteiger partial charge in [-0.1, -0.05) is 57.0 Å². The maximum Gasteiger partial charge on any atom is 0.0994 e. The highest BCUT2D eigenvalue weighted by Crippen LogP contribution is 2.38. The van der Waals surface area contributed by atoms with Crippen molar-refractivity contribution in [1.29, 1.82) is 0 Å². The topological polar surface area (TPSA) is 23.5 Å². The SMILES string of the molecule is CCC1(CC)CCN(CC(C)(O)c2ccccc2)CC1. The first-order valence-electron chi connectivity index (χ1n) is 8.01. The monoisotopic (exact) mass is 275 g/mol. The fraction of sp³-hybridized carbons (Fsp3) is 0.667. The summed E-state index contributed by atoms with van der Waals surface area (Å²) in [6, 6.07) is 10.0. The Labute approximate surface area is 123 Å². The van der Waals surface area contributed by atoms with Crippen LogP contribution in [-0.2, 0) is 5.60 Å². The molecular formula is C18H29NO. The molecule has 2 heteroatoms. The van der Waals surface area contributed by atoms with Gasteiger partial charge in [0.1, 0.15) is 0 Å². The van der Waals surface area contributed by atoms with Gasteiger partial charge in [0, 0.05) is 6.54 Å². The largest absolute Gasteiger partial charge is 0.384 e. The van der Waals surface area contributed by atoms with Crippen molar-refractivity contribution in [1.82, 2.24) is 4.90 Å². The highest BCUT2D eigenvalue weighted by Gasteiger charge is 2.34. The van der Waals surface area contributed by atoms with Crippen molar-refractivity contribution < 1.29 is 5.11 Å².